The molecule has 0 bridgehead atoms. The molecule has 0 fully saturated rings. The van der Waals surface area contributed by atoms with Gasteiger partial charge in [0.25, 0.3) is 0 Å². The molecule has 2 N–H and O–H groups in total. The molecule has 0 saturated carbocycles. The molecule has 0 amide bonds. The van der Waals surface area contributed by atoms with E-state index >= 15 is 0 Å². The second kappa shape index (κ2) is 3.46. The highest BCUT2D eigenvalue weighted by atomic mass is 15.1. The number of nitrogen functional groups attached to an aromatic ring is 1. The van der Waals surface area contributed by atoms with Crippen LogP contribution >= 0.6 is 0 Å². The minimum atomic E-state index is 0.450. The molecule has 70 valence electrons. The summed E-state index contributed by atoms with van der Waals surface area (Å²) >= 11 is 0. The minimum Gasteiger partial charge on any atom is -0.382 e. The summed E-state index contributed by atoms with van der Waals surface area (Å²) in [5.74, 6) is 0.450. The Balaban J connectivity index is 2.55. The van der Waals surface area contributed by atoms with Gasteiger partial charge in [-0.3, -0.25) is 0 Å². The fourth-order valence-corrected chi connectivity index (χ4v) is 1.43. The Morgan fingerprint density at radius 1 is 1.21 bits per heavy atom. The molecule has 14 heavy (non-hydrogen) atoms. The number of benzene rings is 1. The van der Waals surface area contributed by atoms with Crippen LogP contribution in [-0.4, -0.2) is 10.2 Å². The third kappa shape index (κ3) is 1.57. The smallest absolute Gasteiger partial charge is 0.146 e. The van der Waals surface area contributed by atoms with Gasteiger partial charge in [0, 0.05) is 5.56 Å². The Morgan fingerprint density at radius 3 is 2.71 bits per heavy atom. The highest BCUT2D eigenvalue weighted by Gasteiger charge is 2.01. The summed E-state index contributed by atoms with van der Waals surface area (Å²) in [6.07, 6.45) is 1.72. The summed E-state index contributed by atoms with van der Waals surface area (Å²) in [4.78, 5) is 0. The molecular formula is C11H11N3. The van der Waals surface area contributed by atoms with Crippen LogP contribution in [0.15, 0.2) is 36.5 Å². The molecule has 3 heteroatoms. The van der Waals surface area contributed by atoms with E-state index in [4.69, 9.17) is 5.73 Å². The Hall–Kier alpha value is -1.90. The van der Waals surface area contributed by atoms with E-state index in [-0.39, 0.29) is 0 Å². The molecule has 0 aliphatic carbocycles. The summed E-state index contributed by atoms with van der Waals surface area (Å²) in [7, 11) is 0. The van der Waals surface area contributed by atoms with Gasteiger partial charge in [-0.2, -0.15) is 5.10 Å². The molecule has 0 saturated heterocycles. The molecule has 0 atom stereocenters. The SMILES string of the molecule is Cc1ccccc1-c1cnnc(N)c1. The number of aromatic nitrogens is 2. The zero-order valence-electron chi connectivity index (χ0n) is 7.94. The van der Waals surface area contributed by atoms with E-state index in [1.165, 1.54) is 5.56 Å². The van der Waals surface area contributed by atoms with Crippen molar-refractivity contribution in [2.24, 2.45) is 0 Å². The number of rotatable bonds is 1. The van der Waals surface area contributed by atoms with Crippen molar-refractivity contribution in [3.63, 3.8) is 0 Å². The van der Waals surface area contributed by atoms with E-state index in [1.807, 2.05) is 24.3 Å². The minimum absolute atomic E-state index is 0.450. The Morgan fingerprint density at radius 2 is 2.00 bits per heavy atom. The summed E-state index contributed by atoms with van der Waals surface area (Å²) in [6, 6.07) is 9.95. The second-order valence-corrected chi connectivity index (χ2v) is 3.18. The van der Waals surface area contributed by atoms with Crippen LogP contribution in [0, 0.1) is 6.92 Å². The van der Waals surface area contributed by atoms with Crippen LogP contribution < -0.4 is 5.73 Å². The van der Waals surface area contributed by atoms with Gasteiger partial charge >= 0.3 is 0 Å². The first-order valence-corrected chi connectivity index (χ1v) is 4.41. The predicted octanol–water partition coefficient (Wildman–Crippen LogP) is 2.03. The Kier molecular flexibility index (Phi) is 2.14. The van der Waals surface area contributed by atoms with Crippen LogP contribution in [0.4, 0.5) is 5.82 Å². The summed E-state index contributed by atoms with van der Waals surface area (Å²) in [5.41, 5.74) is 8.94. The van der Waals surface area contributed by atoms with Crippen molar-refractivity contribution in [3.05, 3.63) is 42.1 Å². The van der Waals surface area contributed by atoms with E-state index in [1.54, 1.807) is 6.20 Å². The van der Waals surface area contributed by atoms with E-state index in [9.17, 15) is 0 Å². The number of hydrogen-bond acceptors (Lipinski definition) is 3. The number of anilines is 1. The van der Waals surface area contributed by atoms with E-state index < -0.39 is 0 Å². The quantitative estimate of drug-likeness (QED) is 0.739. The van der Waals surface area contributed by atoms with Crippen molar-refractivity contribution < 1.29 is 0 Å². The highest BCUT2D eigenvalue weighted by Crippen LogP contribution is 2.22. The van der Waals surface area contributed by atoms with Gasteiger partial charge < -0.3 is 5.73 Å². The average molecular weight is 185 g/mol. The van der Waals surface area contributed by atoms with Gasteiger partial charge in [0.05, 0.1) is 6.20 Å². The lowest BCUT2D eigenvalue weighted by Crippen LogP contribution is -1.93. The first-order chi connectivity index (χ1) is 6.77. The largest absolute Gasteiger partial charge is 0.382 e. The first-order valence-electron chi connectivity index (χ1n) is 4.41. The van der Waals surface area contributed by atoms with Crippen LogP contribution in [0.2, 0.25) is 0 Å². The number of hydrogen-bond donors (Lipinski definition) is 1. The molecule has 0 radical (unpaired) electrons. The van der Waals surface area contributed by atoms with Crippen LogP contribution in [0.1, 0.15) is 5.56 Å². The topological polar surface area (TPSA) is 51.8 Å². The molecule has 1 heterocycles. The monoisotopic (exact) mass is 185 g/mol. The van der Waals surface area contributed by atoms with E-state index in [0.29, 0.717) is 5.82 Å². The fourth-order valence-electron chi connectivity index (χ4n) is 1.43. The molecule has 0 unspecified atom stereocenters. The van der Waals surface area contributed by atoms with E-state index in [0.717, 1.165) is 11.1 Å². The first kappa shape index (κ1) is 8.69. The van der Waals surface area contributed by atoms with Crippen molar-refractivity contribution in [3.8, 4) is 11.1 Å². The van der Waals surface area contributed by atoms with E-state index in [2.05, 4.69) is 23.2 Å². The van der Waals surface area contributed by atoms with Gasteiger partial charge in [-0.1, -0.05) is 24.3 Å². The lowest BCUT2D eigenvalue weighted by Gasteiger charge is -2.04. The number of aryl methyl sites for hydroxylation is 1. The molecule has 2 rings (SSSR count). The predicted molar refractivity (Wildman–Crippen MR) is 56.6 cm³/mol. The van der Waals surface area contributed by atoms with Crippen LogP contribution in [0.3, 0.4) is 0 Å². The van der Waals surface area contributed by atoms with Gasteiger partial charge in [-0.05, 0) is 24.1 Å². The van der Waals surface area contributed by atoms with Crippen LogP contribution in [-0.2, 0) is 0 Å². The van der Waals surface area contributed by atoms with Gasteiger partial charge in [0.15, 0.2) is 0 Å². The third-order valence-electron chi connectivity index (χ3n) is 2.13. The van der Waals surface area contributed by atoms with Crippen molar-refractivity contribution in [2.75, 3.05) is 5.73 Å². The molecule has 0 aliphatic heterocycles. The summed E-state index contributed by atoms with van der Waals surface area (Å²) in [5, 5.41) is 7.55. The van der Waals surface area contributed by atoms with Gasteiger partial charge in [-0.25, -0.2) is 0 Å². The number of nitrogens with two attached hydrogens (primary N) is 1. The number of nitrogens with zero attached hydrogens (tertiary/aromatic N) is 2. The van der Waals surface area contributed by atoms with Crippen LogP contribution in [0.5, 0.6) is 0 Å². The molecule has 2 aromatic rings. The lowest BCUT2D eigenvalue weighted by molar-refractivity contribution is 1.04. The maximum atomic E-state index is 5.57. The maximum Gasteiger partial charge on any atom is 0.146 e. The maximum absolute atomic E-state index is 5.57. The van der Waals surface area contributed by atoms with Gasteiger partial charge in [0.2, 0.25) is 0 Å². The Bertz CT molecular complexity index is 452. The summed E-state index contributed by atoms with van der Waals surface area (Å²) in [6.45, 7) is 2.06. The van der Waals surface area contributed by atoms with Gasteiger partial charge in [0.1, 0.15) is 5.82 Å². The average Bonchev–Trinajstić information content (AvgIpc) is 2.18. The molecule has 3 nitrogen and oxygen atoms in total. The second-order valence-electron chi connectivity index (χ2n) is 3.18. The fraction of sp³-hybridized carbons (Fsp3) is 0.0909. The molecule has 0 spiro atoms. The molecular weight excluding hydrogens is 174 g/mol. The standard InChI is InChI=1S/C11H11N3/c1-8-4-2-3-5-10(8)9-6-11(12)14-13-7-9/h2-7H,1H3,(H2,12,14). The summed E-state index contributed by atoms with van der Waals surface area (Å²) < 4.78 is 0. The van der Waals surface area contributed by atoms with Crippen molar-refractivity contribution >= 4 is 5.82 Å². The van der Waals surface area contributed by atoms with Gasteiger partial charge in [-0.15, -0.1) is 5.10 Å². The lowest BCUT2D eigenvalue weighted by atomic mass is 10.0. The van der Waals surface area contributed by atoms with Crippen LogP contribution in [0.25, 0.3) is 11.1 Å². The Labute approximate surface area is 82.6 Å². The normalized spacial score (nSPS) is 10.1. The molecule has 1 aromatic heterocycles. The van der Waals surface area contributed by atoms with Crippen molar-refractivity contribution in [2.45, 2.75) is 6.92 Å². The zero-order chi connectivity index (χ0) is 9.97. The third-order valence-corrected chi connectivity index (χ3v) is 2.13. The zero-order valence-corrected chi connectivity index (χ0v) is 7.94. The van der Waals surface area contributed by atoms with Crippen molar-refractivity contribution in [1.29, 1.82) is 0 Å². The van der Waals surface area contributed by atoms with Crippen molar-refractivity contribution in [1.82, 2.24) is 10.2 Å². The molecule has 1 aromatic carbocycles. The highest BCUT2D eigenvalue weighted by molar-refractivity contribution is 5.67. The molecule has 0 aliphatic rings.